The fraction of sp³-hybridized carbons (Fsp3) is 0.800. The second-order valence-electron chi connectivity index (χ2n) is 3.45. The van der Waals surface area contributed by atoms with Crippen molar-refractivity contribution in [2.75, 3.05) is 20.3 Å². The molecule has 8 nitrogen and oxygen atoms in total. The molecule has 1 N–H and O–H groups in total. The summed E-state index contributed by atoms with van der Waals surface area (Å²) in [5.41, 5.74) is 0. The van der Waals surface area contributed by atoms with Crippen LogP contribution >= 0.6 is 7.82 Å². The lowest BCUT2D eigenvalue weighted by Gasteiger charge is -2.18. The molecular weight excluding hydrogens is 279 g/mol. The maximum atomic E-state index is 11.1. The summed E-state index contributed by atoms with van der Waals surface area (Å²) in [6.07, 6.45) is -0.663. The molecule has 0 aliphatic carbocycles. The monoisotopic (exact) mass is 298 g/mol. The molecule has 0 spiro atoms. The van der Waals surface area contributed by atoms with Crippen LogP contribution in [0.3, 0.4) is 0 Å². The van der Waals surface area contributed by atoms with E-state index < -0.39 is 32.5 Å². The van der Waals surface area contributed by atoms with E-state index in [9.17, 15) is 14.2 Å². The van der Waals surface area contributed by atoms with Gasteiger partial charge in [0.25, 0.3) is 0 Å². The third-order valence-electron chi connectivity index (χ3n) is 1.96. The summed E-state index contributed by atoms with van der Waals surface area (Å²) in [5.74, 6) is -1.01. The minimum absolute atomic E-state index is 0.124. The van der Waals surface area contributed by atoms with Crippen molar-refractivity contribution in [1.82, 2.24) is 0 Å². The van der Waals surface area contributed by atoms with Gasteiger partial charge >= 0.3 is 19.8 Å². The molecule has 2 atom stereocenters. The highest BCUT2D eigenvalue weighted by Crippen LogP contribution is 2.41. The van der Waals surface area contributed by atoms with Crippen LogP contribution in [0.1, 0.15) is 26.7 Å². The van der Waals surface area contributed by atoms with Gasteiger partial charge in [-0.3, -0.25) is 18.6 Å². The van der Waals surface area contributed by atoms with Crippen molar-refractivity contribution >= 4 is 19.8 Å². The van der Waals surface area contributed by atoms with E-state index in [2.05, 4.69) is 9.05 Å². The van der Waals surface area contributed by atoms with Crippen LogP contribution in [0.25, 0.3) is 0 Å². The van der Waals surface area contributed by atoms with E-state index in [0.29, 0.717) is 0 Å². The molecule has 112 valence electrons. The Labute approximate surface area is 111 Å². The fourth-order valence-electron chi connectivity index (χ4n) is 0.903. The lowest BCUT2D eigenvalue weighted by atomic mass is 10.4. The number of rotatable bonds is 9. The average Bonchev–Trinajstić information content (AvgIpc) is 2.41. The van der Waals surface area contributed by atoms with Gasteiger partial charge in [-0.2, -0.15) is 0 Å². The number of esters is 2. The molecule has 0 aromatic heterocycles. The molecule has 0 rings (SSSR count). The van der Waals surface area contributed by atoms with Gasteiger partial charge in [-0.05, 0) is 0 Å². The van der Waals surface area contributed by atoms with E-state index in [-0.39, 0.29) is 19.4 Å². The summed E-state index contributed by atoms with van der Waals surface area (Å²) in [5, 5.41) is 0. The zero-order chi connectivity index (χ0) is 14.9. The molecular formula is C10H19O8P. The first-order chi connectivity index (χ1) is 8.84. The van der Waals surface area contributed by atoms with Gasteiger partial charge in [0.15, 0.2) is 6.10 Å². The highest BCUT2D eigenvalue weighted by molar-refractivity contribution is 7.47. The van der Waals surface area contributed by atoms with Crippen LogP contribution in [0.5, 0.6) is 0 Å². The summed E-state index contributed by atoms with van der Waals surface area (Å²) in [6.45, 7) is 2.54. The topological polar surface area (TPSA) is 108 Å². The van der Waals surface area contributed by atoms with Crippen LogP contribution in [0.4, 0.5) is 0 Å². The highest BCUT2D eigenvalue weighted by atomic mass is 31.2. The second kappa shape index (κ2) is 9.03. The second-order valence-corrected chi connectivity index (χ2v) is 5.01. The highest BCUT2D eigenvalue weighted by Gasteiger charge is 2.24. The SMILES string of the molecule is CCC(=O)OC[C@H](COP(=O)(O)OC)OC(=O)CC. The summed E-state index contributed by atoms with van der Waals surface area (Å²) >= 11 is 0. The van der Waals surface area contributed by atoms with Gasteiger partial charge in [-0.15, -0.1) is 0 Å². The molecule has 0 bridgehead atoms. The Morgan fingerprint density at radius 3 is 2.21 bits per heavy atom. The van der Waals surface area contributed by atoms with Gasteiger partial charge in [0, 0.05) is 20.0 Å². The molecule has 0 aliphatic heterocycles. The number of hydrogen-bond donors (Lipinski definition) is 1. The number of phosphoric ester groups is 1. The van der Waals surface area contributed by atoms with Crippen molar-refractivity contribution in [2.45, 2.75) is 32.8 Å². The molecule has 0 fully saturated rings. The third-order valence-corrected chi connectivity index (χ3v) is 2.90. The predicted octanol–water partition coefficient (Wildman–Crippen LogP) is 1.02. The molecule has 19 heavy (non-hydrogen) atoms. The van der Waals surface area contributed by atoms with Crippen molar-refractivity contribution in [3.63, 3.8) is 0 Å². The lowest BCUT2D eigenvalue weighted by Crippen LogP contribution is -2.29. The van der Waals surface area contributed by atoms with Crippen molar-refractivity contribution in [3.05, 3.63) is 0 Å². The van der Waals surface area contributed by atoms with E-state index in [0.717, 1.165) is 7.11 Å². The Morgan fingerprint density at radius 2 is 1.74 bits per heavy atom. The summed E-state index contributed by atoms with van der Waals surface area (Å²) < 4.78 is 29.6. The van der Waals surface area contributed by atoms with E-state index in [1.165, 1.54) is 0 Å². The fourth-order valence-corrected chi connectivity index (χ4v) is 1.36. The summed E-state index contributed by atoms with van der Waals surface area (Å²) in [7, 11) is -3.16. The van der Waals surface area contributed by atoms with Crippen LogP contribution in [-0.2, 0) is 32.7 Å². The molecule has 0 saturated carbocycles. The Kier molecular flexibility index (Phi) is 8.58. The average molecular weight is 298 g/mol. The van der Waals surface area contributed by atoms with E-state index >= 15 is 0 Å². The Morgan fingerprint density at radius 1 is 1.16 bits per heavy atom. The summed E-state index contributed by atoms with van der Waals surface area (Å²) in [4.78, 5) is 31.2. The van der Waals surface area contributed by atoms with Crippen molar-refractivity contribution in [2.24, 2.45) is 0 Å². The van der Waals surface area contributed by atoms with E-state index in [4.69, 9.17) is 14.4 Å². The van der Waals surface area contributed by atoms with Gasteiger partial charge in [-0.25, -0.2) is 4.57 Å². The molecule has 0 saturated heterocycles. The smallest absolute Gasteiger partial charge is 0.462 e. The van der Waals surface area contributed by atoms with Crippen LogP contribution in [0.2, 0.25) is 0 Å². The minimum Gasteiger partial charge on any atom is -0.462 e. The normalized spacial score (nSPS) is 15.4. The third kappa shape index (κ3) is 8.72. The maximum absolute atomic E-state index is 11.1. The van der Waals surface area contributed by atoms with Crippen molar-refractivity contribution in [3.8, 4) is 0 Å². The van der Waals surface area contributed by atoms with Gasteiger partial charge in [0.2, 0.25) is 0 Å². The molecule has 0 radical (unpaired) electrons. The number of carbonyl (C=O) groups excluding carboxylic acids is 2. The zero-order valence-corrected chi connectivity index (χ0v) is 12.1. The Hall–Kier alpha value is -0.950. The largest absolute Gasteiger partial charge is 0.472 e. The van der Waals surface area contributed by atoms with Crippen LogP contribution in [0, 0.1) is 0 Å². The Balaban J connectivity index is 4.37. The number of phosphoric acid groups is 1. The molecule has 1 unspecified atom stereocenters. The molecule has 0 aliphatic rings. The number of ether oxygens (including phenoxy) is 2. The van der Waals surface area contributed by atoms with Crippen molar-refractivity contribution < 1.29 is 37.6 Å². The maximum Gasteiger partial charge on any atom is 0.472 e. The number of hydrogen-bond acceptors (Lipinski definition) is 7. The lowest BCUT2D eigenvalue weighted by molar-refractivity contribution is -0.160. The quantitative estimate of drug-likeness (QED) is 0.496. The first kappa shape index (κ1) is 18.0. The van der Waals surface area contributed by atoms with E-state index in [1.807, 2.05) is 0 Å². The molecule has 0 heterocycles. The summed E-state index contributed by atoms with van der Waals surface area (Å²) in [6, 6.07) is 0. The predicted molar refractivity (Wildman–Crippen MR) is 64.2 cm³/mol. The van der Waals surface area contributed by atoms with Crippen molar-refractivity contribution in [1.29, 1.82) is 0 Å². The standard InChI is InChI=1S/C10H19O8P/c1-4-9(11)16-6-8(18-10(12)5-2)7-17-19(13,14)15-3/h8H,4-7H2,1-3H3,(H,13,14)/t8-/m1/s1. The van der Waals surface area contributed by atoms with Gasteiger partial charge in [0.05, 0.1) is 6.61 Å². The minimum atomic E-state index is -4.17. The van der Waals surface area contributed by atoms with Crippen LogP contribution < -0.4 is 0 Å². The van der Waals surface area contributed by atoms with Gasteiger partial charge < -0.3 is 14.4 Å². The molecule has 0 aromatic rings. The molecule has 9 heteroatoms. The van der Waals surface area contributed by atoms with Crippen LogP contribution in [0.15, 0.2) is 0 Å². The first-order valence-electron chi connectivity index (χ1n) is 5.72. The Bertz CT molecular complexity index is 342. The van der Waals surface area contributed by atoms with E-state index in [1.54, 1.807) is 13.8 Å². The van der Waals surface area contributed by atoms with Gasteiger partial charge in [-0.1, -0.05) is 13.8 Å². The number of carbonyl (C=O) groups is 2. The first-order valence-corrected chi connectivity index (χ1v) is 7.22. The van der Waals surface area contributed by atoms with Crippen LogP contribution in [-0.4, -0.2) is 43.3 Å². The molecule has 0 aromatic carbocycles. The molecule has 0 amide bonds. The van der Waals surface area contributed by atoms with Gasteiger partial charge in [0.1, 0.15) is 6.61 Å². The zero-order valence-electron chi connectivity index (χ0n) is 11.2.